The van der Waals surface area contributed by atoms with Crippen molar-refractivity contribution in [3.05, 3.63) is 83.9 Å². The fourth-order valence-electron chi connectivity index (χ4n) is 3.39. The van der Waals surface area contributed by atoms with E-state index in [-0.39, 0.29) is 24.0 Å². The van der Waals surface area contributed by atoms with Crippen LogP contribution >= 0.6 is 15.9 Å². The summed E-state index contributed by atoms with van der Waals surface area (Å²) in [7, 11) is 0. The van der Waals surface area contributed by atoms with Crippen LogP contribution < -0.4 is 0 Å². The molecule has 3 rings (SSSR count). The van der Waals surface area contributed by atoms with E-state index >= 15 is 0 Å². The van der Waals surface area contributed by atoms with Gasteiger partial charge >= 0.3 is 17.9 Å². The highest BCUT2D eigenvalue weighted by Crippen LogP contribution is 2.33. The normalized spacial score (nSPS) is 22.4. The molecule has 0 aromatic heterocycles. The van der Waals surface area contributed by atoms with Gasteiger partial charge in [0.05, 0.1) is 24.3 Å². The van der Waals surface area contributed by atoms with E-state index in [2.05, 4.69) is 15.9 Å². The van der Waals surface area contributed by atoms with Gasteiger partial charge in [-0.3, -0.25) is 4.79 Å². The zero-order valence-electron chi connectivity index (χ0n) is 17.0. The van der Waals surface area contributed by atoms with Crippen molar-refractivity contribution in [2.45, 2.75) is 17.9 Å². The van der Waals surface area contributed by atoms with Gasteiger partial charge in [-0.2, -0.15) is 0 Å². The summed E-state index contributed by atoms with van der Waals surface area (Å²) >= 11 is 3.59. The van der Waals surface area contributed by atoms with Crippen molar-refractivity contribution in [2.75, 3.05) is 13.2 Å². The van der Waals surface area contributed by atoms with Crippen molar-refractivity contribution in [3.63, 3.8) is 0 Å². The molecular formula is C24H23BrO6. The van der Waals surface area contributed by atoms with Crippen LogP contribution in [0.1, 0.15) is 27.6 Å². The predicted molar refractivity (Wildman–Crippen MR) is 118 cm³/mol. The number of hydrogen-bond acceptors (Lipinski definition) is 6. The molecular weight excluding hydrogens is 464 g/mol. The number of allylic oxidation sites excluding steroid dienone is 1. The maximum absolute atomic E-state index is 12.4. The van der Waals surface area contributed by atoms with E-state index in [1.54, 1.807) is 54.6 Å². The number of halogens is 1. The number of alkyl halides is 1. The molecule has 7 heteroatoms. The standard InChI is InChI=1S/C24H23BrO6/c1-16(26)31-22-13-12-21(25)19(14-29-23(27)17-8-4-2-5-9-17)20(22)15-30-24(28)18-10-6-3-7-11-18/h2-13,19-22H,14-15H2,1H3/t19-,20+,21?,22?/m1/s1. The molecule has 0 spiro atoms. The second-order valence-electron chi connectivity index (χ2n) is 7.16. The predicted octanol–water partition coefficient (Wildman–Crippen LogP) is 4.20. The van der Waals surface area contributed by atoms with Gasteiger partial charge in [-0.05, 0) is 30.3 Å². The van der Waals surface area contributed by atoms with E-state index in [0.717, 1.165) is 0 Å². The Labute approximate surface area is 189 Å². The van der Waals surface area contributed by atoms with E-state index in [1.165, 1.54) is 6.92 Å². The van der Waals surface area contributed by atoms with Crippen LogP contribution in [-0.2, 0) is 19.0 Å². The molecule has 0 heterocycles. The summed E-state index contributed by atoms with van der Waals surface area (Å²) < 4.78 is 16.5. The van der Waals surface area contributed by atoms with Crippen molar-refractivity contribution >= 4 is 33.8 Å². The molecule has 0 amide bonds. The third kappa shape index (κ3) is 6.28. The Hall–Kier alpha value is -2.93. The van der Waals surface area contributed by atoms with Gasteiger partial charge in [-0.25, -0.2) is 9.59 Å². The summed E-state index contributed by atoms with van der Waals surface area (Å²) in [5, 5.41) is 0. The van der Waals surface area contributed by atoms with E-state index in [0.29, 0.717) is 11.1 Å². The van der Waals surface area contributed by atoms with Crippen molar-refractivity contribution in [1.82, 2.24) is 0 Å². The van der Waals surface area contributed by atoms with Crippen LogP contribution in [0.2, 0.25) is 0 Å². The monoisotopic (exact) mass is 486 g/mol. The lowest BCUT2D eigenvalue weighted by atomic mass is 9.81. The molecule has 1 aliphatic carbocycles. The summed E-state index contributed by atoms with van der Waals surface area (Å²) in [6.45, 7) is 1.40. The van der Waals surface area contributed by atoms with E-state index in [4.69, 9.17) is 14.2 Å². The number of ether oxygens (including phenoxy) is 3. The number of esters is 3. The number of carbonyl (C=O) groups is 3. The Morgan fingerprint density at radius 2 is 1.26 bits per heavy atom. The molecule has 1 aliphatic rings. The first kappa shape index (κ1) is 22.7. The molecule has 2 unspecified atom stereocenters. The van der Waals surface area contributed by atoms with Gasteiger partial charge in [0.25, 0.3) is 0 Å². The maximum atomic E-state index is 12.4. The van der Waals surface area contributed by atoms with Crippen LogP contribution in [0, 0.1) is 11.8 Å². The largest absolute Gasteiger partial charge is 0.462 e. The summed E-state index contributed by atoms with van der Waals surface area (Å²) in [5.41, 5.74) is 0.879. The van der Waals surface area contributed by atoms with Crippen molar-refractivity contribution in [3.8, 4) is 0 Å². The van der Waals surface area contributed by atoms with Crippen LogP contribution in [0.4, 0.5) is 0 Å². The van der Waals surface area contributed by atoms with Gasteiger partial charge < -0.3 is 14.2 Å². The van der Waals surface area contributed by atoms with E-state index in [9.17, 15) is 14.4 Å². The molecule has 0 saturated heterocycles. The van der Waals surface area contributed by atoms with Crippen LogP contribution in [0.5, 0.6) is 0 Å². The Balaban J connectivity index is 1.72. The minimum absolute atomic E-state index is 0.00562. The fraction of sp³-hybridized carbons (Fsp3) is 0.292. The lowest BCUT2D eigenvalue weighted by Gasteiger charge is -2.36. The lowest BCUT2D eigenvalue weighted by molar-refractivity contribution is -0.148. The Morgan fingerprint density at radius 1 is 0.774 bits per heavy atom. The molecule has 6 nitrogen and oxygen atoms in total. The Kier molecular flexibility index (Phi) is 8.00. The lowest BCUT2D eigenvalue weighted by Crippen LogP contribution is -2.43. The van der Waals surface area contributed by atoms with E-state index in [1.807, 2.05) is 18.2 Å². The highest BCUT2D eigenvalue weighted by molar-refractivity contribution is 9.09. The second-order valence-corrected chi connectivity index (χ2v) is 8.22. The van der Waals surface area contributed by atoms with Crippen molar-refractivity contribution < 1.29 is 28.6 Å². The first-order chi connectivity index (χ1) is 15.0. The first-order valence-corrected chi connectivity index (χ1v) is 10.8. The molecule has 0 saturated carbocycles. The van der Waals surface area contributed by atoms with Crippen LogP contribution in [0.15, 0.2) is 72.8 Å². The van der Waals surface area contributed by atoms with Crippen LogP contribution in [-0.4, -0.2) is 42.1 Å². The van der Waals surface area contributed by atoms with Crippen LogP contribution in [0.3, 0.4) is 0 Å². The molecule has 4 atom stereocenters. The zero-order valence-corrected chi connectivity index (χ0v) is 18.6. The van der Waals surface area contributed by atoms with Gasteiger partial charge in [0.2, 0.25) is 0 Å². The van der Waals surface area contributed by atoms with E-state index < -0.39 is 29.9 Å². The molecule has 0 fully saturated rings. The highest BCUT2D eigenvalue weighted by Gasteiger charge is 2.39. The topological polar surface area (TPSA) is 78.9 Å². The second kappa shape index (κ2) is 10.9. The van der Waals surface area contributed by atoms with Crippen molar-refractivity contribution in [2.24, 2.45) is 11.8 Å². The molecule has 0 aliphatic heterocycles. The number of benzene rings is 2. The Bertz CT molecular complexity index is 928. The van der Waals surface area contributed by atoms with Gasteiger partial charge in [0.1, 0.15) is 6.10 Å². The maximum Gasteiger partial charge on any atom is 0.338 e. The molecule has 2 aromatic carbocycles. The van der Waals surface area contributed by atoms with Gasteiger partial charge in [0, 0.05) is 23.6 Å². The molecule has 0 radical (unpaired) electrons. The average Bonchev–Trinajstić information content (AvgIpc) is 2.78. The molecule has 0 bridgehead atoms. The zero-order chi connectivity index (χ0) is 22.2. The molecule has 162 valence electrons. The van der Waals surface area contributed by atoms with Gasteiger partial charge in [-0.15, -0.1) is 0 Å². The molecule has 31 heavy (non-hydrogen) atoms. The quantitative estimate of drug-likeness (QED) is 0.252. The highest BCUT2D eigenvalue weighted by atomic mass is 79.9. The molecule has 2 aromatic rings. The number of hydrogen-bond donors (Lipinski definition) is 0. The van der Waals surface area contributed by atoms with Crippen LogP contribution in [0.25, 0.3) is 0 Å². The van der Waals surface area contributed by atoms with Gasteiger partial charge in [-0.1, -0.05) is 58.4 Å². The third-order valence-electron chi connectivity index (χ3n) is 5.00. The average molecular weight is 487 g/mol. The summed E-state index contributed by atoms with van der Waals surface area (Å²) in [4.78, 5) is 36.2. The summed E-state index contributed by atoms with van der Waals surface area (Å²) in [6, 6.07) is 17.3. The molecule has 0 N–H and O–H groups in total. The summed E-state index contributed by atoms with van der Waals surface area (Å²) in [6.07, 6.45) is 3.01. The van der Waals surface area contributed by atoms with Gasteiger partial charge in [0.15, 0.2) is 0 Å². The summed E-state index contributed by atoms with van der Waals surface area (Å²) in [5.74, 6) is -2.02. The third-order valence-corrected chi connectivity index (χ3v) is 5.98. The number of rotatable bonds is 7. The smallest absolute Gasteiger partial charge is 0.338 e. The van der Waals surface area contributed by atoms with Crippen molar-refractivity contribution in [1.29, 1.82) is 0 Å². The fourth-order valence-corrected chi connectivity index (χ4v) is 4.11. The SMILES string of the molecule is CC(=O)OC1C=CC(Br)[C@H](COC(=O)c2ccccc2)[C@@H]1COC(=O)c1ccccc1. The number of carbonyl (C=O) groups excluding carboxylic acids is 3. The first-order valence-electron chi connectivity index (χ1n) is 9.89. The Morgan fingerprint density at radius 3 is 1.74 bits per heavy atom. The minimum Gasteiger partial charge on any atom is -0.462 e. The minimum atomic E-state index is -0.602.